The third kappa shape index (κ3) is 1.96. The minimum absolute atomic E-state index is 0.227. The Bertz CT molecular complexity index is 1550. The summed E-state index contributed by atoms with van der Waals surface area (Å²) in [5.74, 6) is -1.13. The highest BCUT2D eigenvalue weighted by molar-refractivity contribution is 9.11. The van der Waals surface area contributed by atoms with Crippen LogP contribution >= 0.6 is 31.9 Å². The minimum atomic E-state index is -0.567. The summed E-state index contributed by atoms with van der Waals surface area (Å²) in [6, 6.07) is 12.2. The average molecular weight is 524 g/mol. The Morgan fingerprint density at radius 1 is 0.633 bits per heavy atom. The molecule has 0 aliphatic heterocycles. The Morgan fingerprint density at radius 3 is 1.43 bits per heavy atom. The molecule has 30 heavy (non-hydrogen) atoms. The molecule has 0 fully saturated rings. The number of halogens is 2. The predicted molar refractivity (Wildman–Crippen MR) is 126 cm³/mol. The summed E-state index contributed by atoms with van der Waals surface area (Å²) in [7, 11) is 2.64. The van der Waals surface area contributed by atoms with Gasteiger partial charge in [-0.3, -0.25) is 0 Å². The highest BCUT2D eigenvalue weighted by Crippen LogP contribution is 2.52. The Morgan fingerprint density at radius 2 is 1.03 bits per heavy atom. The number of ether oxygens (including phenoxy) is 2. The van der Waals surface area contributed by atoms with Gasteiger partial charge in [0.25, 0.3) is 0 Å². The lowest BCUT2D eigenvalue weighted by Gasteiger charge is -2.16. The van der Waals surface area contributed by atoms with E-state index in [1.165, 1.54) is 14.2 Å². The van der Waals surface area contributed by atoms with Crippen molar-refractivity contribution in [2.24, 2.45) is 0 Å². The summed E-state index contributed by atoms with van der Waals surface area (Å²) >= 11 is 7.36. The van der Waals surface area contributed by atoms with Crippen LogP contribution < -0.4 is 0 Å². The van der Waals surface area contributed by atoms with E-state index in [1.807, 2.05) is 12.1 Å². The van der Waals surface area contributed by atoms with Gasteiger partial charge in [0.05, 0.1) is 25.3 Å². The molecule has 146 valence electrons. The number of methoxy groups -OCH3 is 2. The minimum Gasteiger partial charge on any atom is -0.465 e. The van der Waals surface area contributed by atoms with E-state index in [2.05, 4.69) is 56.1 Å². The Hall–Kier alpha value is -2.70. The van der Waals surface area contributed by atoms with E-state index in [1.54, 1.807) is 0 Å². The number of carbonyl (C=O) groups is 2. The second-order valence-corrected chi connectivity index (χ2v) is 9.08. The summed E-state index contributed by atoms with van der Waals surface area (Å²) in [4.78, 5) is 25.9. The number of esters is 2. The monoisotopic (exact) mass is 522 g/mol. The third-order valence-electron chi connectivity index (χ3n) is 6.10. The van der Waals surface area contributed by atoms with Crippen LogP contribution in [-0.2, 0) is 9.47 Å². The first-order chi connectivity index (χ1) is 14.5. The quantitative estimate of drug-likeness (QED) is 0.184. The number of rotatable bonds is 2. The van der Waals surface area contributed by atoms with Crippen LogP contribution in [-0.4, -0.2) is 26.2 Å². The lowest BCUT2D eigenvalue weighted by molar-refractivity contribution is 0.0559. The number of benzene rings is 5. The van der Waals surface area contributed by atoms with Gasteiger partial charge in [0.15, 0.2) is 0 Å². The van der Waals surface area contributed by atoms with E-state index < -0.39 is 11.9 Å². The van der Waals surface area contributed by atoms with Crippen LogP contribution in [0.5, 0.6) is 0 Å². The summed E-state index contributed by atoms with van der Waals surface area (Å²) in [5, 5.41) is 9.86. The van der Waals surface area contributed by atoms with E-state index in [9.17, 15) is 9.59 Å². The molecule has 4 nitrogen and oxygen atoms in total. The zero-order valence-electron chi connectivity index (χ0n) is 15.9. The molecule has 0 saturated heterocycles. The summed E-state index contributed by atoms with van der Waals surface area (Å²) < 4.78 is 11.9. The molecule has 0 N–H and O–H groups in total. The molecule has 0 unspecified atom stereocenters. The molecule has 6 rings (SSSR count). The highest BCUT2D eigenvalue weighted by atomic mass is 79.9. The predicted octanol–water partition coefficient (Wildman–Crippen LogP) is 6.86. The SMILES string of the molecule is COC(=O)c1c(C(=O)OC)c2cc(Br)c3ccc4ccc5c(Br)cc1c1c5c4c3c21. The maximum Gasteiger partial charge on any atom is 0.339 e. The van der Waals surface area contributed by atoms with Crippen LogP contribution in [0.1, 0.15) is 20.7 Å². The first-order valence-corrected chi connectivity index (χ1v) is 10.8. The molecule has 6 heteroatoms. The number of hydrogen-bond donors (Lipinski definition) is 0. The molecule has 0 aromatic heterocycles. The molecule has 0 aliphatic rings. The zero-order valence-corrected chi connectivity index (χ0v) is 19.0. The Labute approximate surface area is 187 Å². The molecule has 0 spiro atoms. The smallest absolute Gasteiger partial charge is 0.339 e. The second kappa shape index (κ2) is 5.93. The van der Waals surface area contributed by atoms with Crippen molar-refractivity contribution >= 4 is 97.7 Å². The fourth-order valence-corrected chi connectivity index (χ4v) is 6.09. The fourth-order valence-electron chi connectivity index (χ4n) is 4.97. The molecular weight excluding hydrogens is 512 g/mol. The van der Waals surface area contributed by atoms with E-state index in [0.717, 1.165) is 52.0 Å². The maximum absolute atomic E-state index is 12.9. The fraction of sp³-hybridized carbons (Fsp3) is 0.0833. The first kappa shape index (κ1) is 18.1. The van der Waals surface area contributed by atoms with Crippen LogP contribution in [0.4, 0.5) is 0 Å². The normalized spacial score (nSPS) is 12.3. The van der Waals surface area contributed by atoms with Crippen molar-refractivity contribution in [3.8, 4) is 0 Å². The van der Waals surface area contributed by atoms with E-state index in [0.29, 0.717) is 10.8 Å². The van der Waals surface area contributed by atoms with Gasteiger partial charge in [0.2, 0.25) is 0 Å². The third-order valence-corrected chi connectivity index (χ3v) is 7.41. The van der Waals surface area contributed by atoms with Crippen LogP contribution in [0.3, 0.4) is 0 Å². The van der Waals surface area contributed by atoms with Crippen LogP contribution in [0.25, 0.3) is 53.9 Å². The van der Waals surface area contributed by atoms with Crippen molar-refractivity contribution < 1.29 is 19.1 Å². The molecule has 0 bridgehead atoms. The lowest BCUT2D eigenvalue weighted by Crippen LogP contribution is -2.13. The van der Waals surface area contributed by atoms with Gasteiger partial charge >= 0.3 is 11.9 Å². The standard InChI is InChI=1S/C24H12Br2O4/c1-29-23(27)21-12-7-14(25)10-5-3-9-4-6-11-15(26)8-13(22(21)24(28)30-2)20-18(11)16(9)17(10)19(12)20/h3-8H,1-2H3. The second-order valence-electron chi connectivity index (χ2n) is 7.37. The molecule has 6 aromatic rings. The molecule has 0 radical (unpaired) electrons. The van der Waals surface area contributed by atoms with Gasteiger partial charge in [-0.1, -0.05) is 56.1 Å². The van der Waals surface area contributed by atoms with Gasteiger partial charge in [-0.25, -0.2) is 9.59 Å². The van der Waals surface area contributed by atoms with Gasteiger partial charge in [-0.2, -0.15) is 0 Å². The van der Waals surface area contributed by atoms with Crippen LogP contribution in [0.2, 0.25) is 0 Å². The van der Waals surface area contributed by atoms with E-state index in [-0.39, 0.29) is 11.1 Å². The van der Waals surface area contributed by atoms with Crippen molar-refractivity contribution in [2.75, 3.05) is 14.2 Å². The van der Waals surface area contributed by atoms with Crippen molar-refractivity contribution in [1.29, 1.82) is 0 Å². The number of carbonyl (C=O) groups excluding carboxylic acids is 2. The average Bonchev–Trinajstić information content (AvgIpc) is 3.11. The zero-order chi connectivity index (χ0) is 20.9. The maximum atomic E-state index is 12.9. The number of hydrogen-bond acceptors (Lipinski definition) is 4. The van der Waals surface area contributed by atoms with Crippen LogP contribution in [0, 0.1) is 0 Å². The van der Waals surface area contributed by atoms with Gasteiger partial charge < -0.3 is 9.47 Å². The molecule has 0 aliphatic carbocycles. The summed E-state index contributed by atoms with van der Waals surface area (Å²) in [5.41, 5.74) is 0.455. The first-order valence-electron chi connectivity index (χ1n) is 9.24. The van der Waals surface area contributed by atoms with Crippen molar-refractivity contribution in [3.63, 3.8) is 0 Å². The largest absolute Gasteiger partial charge is 0.465 e. The highest BCUT2D eigenvalue weighted by Gasteiger charge is 2.31. The van der Waals surface area contributed by atoms with Crippen molar-refractivity contribution in [1.82, 2.24) is 0 Å². The van der Waals surface area contributed by atoms with Gasteiger partial charge in [-0.05, 0) is 66.0 Å². The van der Waals surface area contributed by atoms with Gasteiger partial charge in [-0.15, -0.1) is 0 Å². The van der Waals surface area contributed by atoms with Crippen molar-refractivity contribution in [3.05, 3.63) is 56.5 Å². The Kier molecular flexibility index (Phi) is 3.58. The Balaban J connectivity index is 2.09. The molecular formula is C24H12Br2O4. The molecule has 0 amide bonds. The summed E-state index contributed by atoms with van der Waals surface area (Å²) in [6.07, 6.45) is 0. The summed E-state index contributed by atoms with van der Waals surface area (Å²) in [6.45, 7) is 0. The van der Waals surface area contributed by atoms with Gasteiger partial charge in [0.1, 0.15) is 0 Å². The van der Waals surface area contributed by atoms with Gasteiger partial charge in [0, 0.05) is 8.95 Å². The lowest BCUT2D eigenvalue weighted by atomic mass is 9.90. The van der Waals surface area contributed by atoms with Crippen molar-refractivity contribution in [2.45, 2.75) is 0 Å². The van der Waals surface area contributed by atoms with Crippen LogP contribution in [0.15, 0.2) is 45.3 Å². The molecule has 0 saturated carbocycles. The molecule has 0 heterocycles. The topological polar surface area (TPSA) is 52.6 Å². The molecule has 0 atom stereocenters. The van der Waals surface area contributed by atoms with E-state index in [4.69, 9.17) is 9.47 Å². The molecule has 6 aromatic carbocycles. The van der Waals surface area contributed by atoms with E-state index >= 15 is 0 Å².